The Morgan fingerprint density at radius 3 is 2.58 bits per heavy atom. The van der Waals surface area contributed by atoms with E-state index < -0.39 is 26.8 Å². The number of aryl methyl sites for hydroxylation is 1. The predicted molar refractivity (Wildman–Crippen MR) is 156 cm³/mol. The number of hydrogen-bond acceptors (Lipinski definition) is 9. The predicted octanol–water partition coefficient (Wildman–Crippen LogP) is 4.70. The zero-order valence-corrected chi connectivity index (χ0v) is 25.2. The Morgan fingerprint density at radius 1 is 1.09 bits per heavy atom. The van der Waals surface area contributed by atoms with E-state index in [0.717, 1.165) is 22.1 Å². The summed E-state index contributed by atoms with van der Waals surface area (Å²) in [6.45, 7) is -0.246. The van der Waals surface area contributed by atoms with Gasteiger partial charge in [-0.05, 0) is 30.7 Å². The van der Waals surface area contributed by atoms with E-state index in [1.165, 1.54) is 32.8 Å². The van der Waals surface area contributed by atoms with Crippen molar-refractivity contribution in [1.82, 2.24) is 19.7 Å². The van der Waals surface area contributed by atoms with Crippen LogP contribution in [-0.2, 0) is 28.4 Å². The van der Waals surface area contributed by atoms with E-state index >= 15 is 4.39 Å². The van der Waals surface area contributed by atoms with Crippen molar-refractivity contribution in [3.05, 3.63) is 83.3 Å². The first-order chi connectivity index (χ1) is 20.6. The molecule has 0 spiro atoms. The standard InChI is InChI=1S/C29H29ClFN5O6S/c1-35-24(8-11-34-35)21-12-19(37)5-7-25(21)42-27-15-23(31)28(14-22(27)30)43(38,39)36(29-9-10-32-17-33-29)16-18-4-6-20(40-2)13-26(18)41-3/h4,6,8-11,13-15,17,21,25H,5,7,12,16H2,1-3H3/t21-,25+/m1/s1. The van der Waals surface area contributed by atoms with Crippen LogP contribution in [0.5, 0.6) is 17.2 Å². The third kappa shape index (κ3) is 6.27. The van der Waals surface area contributed by atoms with Crippen molar-refractivity contribution in [3.8, 4) is 17.2 Å². The highest BCUT2D eigenvalue weighted by atomic mass is 35.5. The molecule has 1 fully saturated rings. The first-order valence-corrected chi connectivity index (χ1v) is 15.1. The number of carbonyl (C=O) groups excluding carboxylic acids is 1. The van der Waals surface area contributed by atoms with Gasteiger partial charge in [0, 0.05) is 67.7 Å². The van der Waals surface area contributed by atoms with Crippen molar-refractivity contribution >= 4 is 33.2 Å². The fraction of sp³-hybridized carbons (Fsp3) is 0.310. The summed E-state index contributed by atoms with van der Waals surface area (Å²) in [5, 5.41) is 4.08. The molecule has 0 radical (unpaired) electrons. The number of nitrogens with zero attached hydrogens (tertiary/aromatic N) is 5. The molecule has 14 heteroatoms. The van der Waals surface area contributed by atoms with Crippen LogP contribution in [0.4, 0.5) is 10.2 Å². The zero-order chi connectivity index (χ0) is 30.7. The molecule has 1 saturated carbocycles. The van der Waals surface area contributed by atoms with Gasteiger partial charge >= 0.3 is 0 Å². The minimum atomic E-state index is -4.57. The molecule has 0 N–H and O–H groups in total. The lowest BCUT2D eigenvalue weighted by atomic mass is 9.83. The van der Waals surface area contributed by atoms with Gasteiger partial charge < -0.3 is 14.2 Å². The number of ketones is 1. The molecule has 1 aliphatic carbocycles. The number of sulfonamides is 1. The van der Waals surface area contributed by atoms with Crippen LogP contribution in [0.15, 0.2) is 66.1 Å². The van der Waals surface area contributed by atoms with Gasteiger partial charge in [0.25, 0.3) is 10.0 Å². The summed E-state index contributed by atoms with van der Waals surface area (Å²) in [5.41, 5.74) is 1.27. The molecule has 2 atom stereocenters. The zero-order valence-electron chi connectivity index (χ0n) is 23.6. The normalized spacial score (nSPS) is 17.0. The van der Waals surface area contributed by atoms with Gasteiger partial charge in [-0.25, -0.2) is 27.1 Å². The summed E-state index contributed by atoms with van der Waals surface area (Å²) in [6.07, 6.45) is 4.61. The molecule has 0 saturated heterocycles. The molecule has 4 aromatic rings. The average Bonchev–Trinajstić information content (AvgIpc) is 3.44. The van der Waals surface area contributed by atoms with E-state index in [1.54, 1.807) is 42.2 Å². The topological polar surface area (TPSA) is 126 Å². The fourth-order valence-electron chi connectivity index (χ4n) is 5.10. The number of Topliss-reactive ketones (excluding diaryl/α,β-unsaturated/α-hetero) is 1. The van der Waals surface area contributed by atoms with E-state index in [9.17, 15) is 13.2 Å². The van der Waals surface area contributed by atoms with Crippen LogP contribution in [0.1, 0.15) is 36.4 Å². The van der Waals surface area contributed by atoms with Gasteiger partial charge in [-0.3, -0.25) is 9.48 Å². The monoisotopic (exact) mass is 629 g/mol. The van der Waals surface area contributed by atoms with Gasteiger partial charge in [-0.15, -0.1) is 0 Å². The quantitative estimate of drug-likeness (QED) is 0.245. The molecular formula is C29H29ClFN5O6S. The fourth-order valence-corrected chi connectivity index (χ4v) is 6.85. The smallest absolute Gasteiger partial charge is 0.268 e. The van der Waals surface area contributed by atoms with Crippen LogP contribution in [-0.4, -0.2) is 54.3 Å². The SMILES string of the molecule is COc1ccc(CN(c2ccncn2)S(=O)(=O)c2cc(Cl)c(O[C@H]3CCC(=O)C[C@@H]3c3ccnn3C)cc2F)c(OC)c1. The minimum Gasteiger partial charge on any atom is -0.497 e. The molecule has 0 unspecified atom stereocenters. The van der Waals surface area contributed by atoms with Gasteiger partial charge in [0.05, 0.1) is 25.8 Å². The Balaban J connectivity index is 1.49. The highest BCUT2D eigenvalue weighted by Crippen LogP contribution is 2.39. The summed E-state index contributed by atoms with van der Waals surface area (Å²) in [5.74, 6) is -0.455. The second kappa shape index (κ2) is 12.6. The highest BCUT2D eigenvalue weighted by Gasteiger charge is 2.36. The number of anilines is 1. The van der Waals surface area contributed by atoms with Crippen LogP contribution < -0.4 is 18.5 Å². The first-order valence-electron chi connectivity index (χ1n) is 13.3. The van der Waals surface area contributed by atoms with E-state index in [-0.39, 0.29) is 41.3 Å². The Bertz CT molecular complexity index is 1740. The average molecular weight is 630 g/mol. The number of hydrogen-bond donors (Lipinski definition) is 0. The molecule has 2 aromatic carbocycles. The summed E-state index contributed by atoms with van der Waals surface area (Å²) < 4.78 is 63.3. The second-order valence-corrected chi connectivity index (χ2v) is 12.1. The van der Waals surface area contributed by atoms with Gasteiger partial charge in [0.1, 0.15) is 52.0 Å². The third-order valence-corrected chi connectivity index (χ3v) is 9.37. The summed E-state index contributed by atoms with van der Waals surface area (Å²) in [4.78, 5) is 19.6. The number of aromatic nitrogens is 4. The molecule has 11 nitrogen and oxygen atoms in total. The summed E-state index contributed by atoms with van der Waals surface area (Å²) in [6, 6.07) is 10.1. The van der Waals surface area contributed by atoms with Crippen molar-refractivity contribution in [1.29, 1.82) is 0 Å². The van der Waals surface area contributed by atoms with Crippen LogP contribution in [0.3, 0.4) is 0 Å². The number of methoxy groups -OCH3 is 2. The molecule has 0 bridgehead atoms. The van der Waals surface area contributed by atoms with E-state index in [0.29, 0.717) is 29.9 Å². The van der Waals surface area contributed by atoms with Gasteiger partial charge in [0.15, 0.2) is 0 Å². The minimum absolute atomic E-state index is 0.00890. The lowest BCUT2D eigenvalue weighted by molar-refractivity contribution is -0.122. The number of ether oxygens (including phenoxy) is 3. The van der Waals surface area contributed by atoms with Crippen molar-refractivity contribution < 1.29 is 31.8 Å². The van der Waals surface area contributed by atoms with E-state index in [1.807, 2.05) is 0 Å². The molecule has 2 heterocycles. The van der Waals surface area contributed by atoms with E-state index in [2.05, 4.69) is 15.1 Å². The Hall–Kier alpha value is -4.23. The molecule has 226 valence electrons. The Labute approximate surface area is 253 Å². The van der Waals surface area contributed by atoms with E-state index in [4.69, 9.17) is 25.8 Å². The maximum atomic E-state index is 15.7. The Kier molecular flexibility index (Phi) is 8.83. The number of carbonyl (C=O) groups is 1. The molecule has 2 aromatic heterocycles. The summed E-state index contributed by atoms with van der Waals surface area (Å²) >= 11 is 6.53. The van der Waals surface area contributed by atoms with Crippen molar-refractivity contribution in [2.75, 3.05) is 18.5 Å². The number of benzene rings is 2. The molecule has 0 amide bonds. The lowest BCUT2D eigenvalue weighted by Gasteiger charge is -2.31. The molecule has 43 heavy (non-hydrogen) atoms. The highest BCUT2D eigenvalue weighted by molar-refractivity contribution is 7.92. The Morgan fingerprint density at radius 2 is 1.91 bits per heavy atom. The first kappa shape index (κ1) is 30.2. The van der Waals surface area contributed by atoms with Crippen molar-refractivity contribution in [3.63, 3.8) is 0 Å². The van der Waals surface area contributed by atoms with Gasteiger partial charge in [-0.1, -0.05) is 11.6 Å². The van der Waals surface area contributed by atoms with Gasteiger partial charge in [0.2, 0.25) is 0 Å². The van der Waals surface area contributed by atoms with Crippen LogP contribution in [0.25, 0.3) is 0 Å². The maximum absolute atomic E-state index is 15.7. The van der Waals surface area contributed by atoms with Crippen molar-refractivity contribution in [2.24, 2.45) is 7.05 Å². The molecular weight excluding hydrogens is 601 g/mol. The van der Waals surface area contributed by atoms with Crippen LogP contribution in [0.2, 0.25) is 5.02 Å². The van der Waals surface area contributed by atoms with Crippen LogP contribution >= 0.6 is 11.6 Å². The van der Waals surface area contributed by atoms with Crippen LogP contribution in [0, 0.1) is 5.82 Å². The second-order valence-electron chi connectivity index (χ2n) is 9.89. The number of halogens is 2. The number of rotatable bonds is 10. The molecule has 5 rings (SSSR count). The molecule has 1 aliphatic rings. The third-order valence-electron chi connectivity index (χ3n) is 7.31. The maximum Gasteiger partial charge on any atom is 0.268 e. The lowest BCUT2D eigenvalue weighted by Crippen LogP contribution is -2.34. The molecule has 0 aliphatic heterocycles. The van der Waals surface area contributed by atoms with Gasteiger partial charge in [-0.2, -0.15) is 5.10 Å². The summed E-state index contributed by atoms with van der Waals surface area (Å²) in [7, 11) is 0.141. The van der Waals surface area contributed by atoms with Crippen molar-refractivity contribution in [2.45, 2.75) is 42.7 Å². The largest absolute Gasteiger partial charge is 0.497 e.